The van der Waals surface area contributed by atoms with Gasteiger partial charge < -0.3 is 10.8 Å². The first kappa shape index (κ1) is 11.0. The molecule has 1 aliphatic rings. The molecule has 0 unspecified atom stereocenters. The SMILES string of the molecule is CC(C)(C)[C@H]1CC[C@H](O)[C@@H](CN)C1. The molecule has 0 saturated heterocycles. The maximum Gasteiger partial charge on any atom is 0.0580 e. The lowest BCUT2D eigenvalue weighted by Crippen LogP contribution is -2.38. The molecule has 2 nitrogen and oxygen atoms in total. The first-order chi connectivity index (χ1) is 5.95. The maximum absolute atomic E-state index is 9.67. The molecular weight excluding hydrogens is 162 g/mol. The van der Waals surface area contributed by atoms with Crippen LogP contribution in [0.4, 0.5) is 0 Å². The Hall–Kier alpha value is -0.0800. The molecule has 1 aliphatic carbocycles. The van der Waals surface area contributed by atoms with Crippen LogP contribution in [-0.2, 0) is 0 Å². The second-order valence-electron chi connectivity index (χ2n) is 5.44. The topological polar surface area (TPSA) is 46.2 Å². The van der Waals surface area contributed by atoms with Gasteiger partial charge in [0.1, 0.15) is 0 Å². The zero-order valence-corrected chi connectivity index (χ0v) is 9.09. The predicted molar refractivity (Wildman–Crippen MR) is 55.3 cm³/mol. The number of hydrogen-bond donors (Lipinski definition) is 2. The molecule has 0 heterocycles. The van der Waals surface area contributed by atoms with Gasteiger partial charge in [0.25, 0.3) is 0 Å². The fourth-order valence-corrected chi connectivity index (χ4v) is 2.29. The summed E-state index contributed by atoms with van der Waals surface area (Å²) in [6.07, 6.45) is 3.04. The third-order valence-electron chi connectivity index (χ3n) is 3.47. The molecule has 2 heteroatoms. The van der Waals surface area contributed by atoms with E-state index < -0.39 is 0 Å². The molecule has 0 radical (unpaired) electrons. The van der Waals surface area contributed by atoms with E-state index in [1.807, 2.05) is 0 Å². The van der Waals surface area contributed by atoms with Crippen LogP contribution in [-0.4, -0.2) is 17.8 Å². The van der Waals surface area contributed by atoms with E-state index >= 15 is 0 Å². The first-order valence-corrected chi connectivity index (χ1v) is 5.33. The van der Waals surface area contributed by atoms with Crippen molar-refractivity contribution in [3.05, 3.63) is 0 Å². The summed E-state index contributed by atoms with van der Waals surface area (Å²) in [5.74, 6) is 1.06. The van der Waals surface area contributed by atoms with Crippen LogP contribution in [0, 0.1) is 17.3 Å². The van der Waals surface area contributed by atoms with Gasteiger partial charge in [0.15, 0.2) is 0 Å². The molecule has 0 spiro atoms. The average Bonchev–Trinajstić information content (AvgIpc) is 2.03. The van der Waals surface area contributed by atoms with Gasteiger partial charge in [-0.25, -0.2) is 0 Å². The summed E-state index contributed by atoms with van der Waals surface area (Å²) >= 11 is 0. The van der Waals surface area contributed by atoms with E-state index in [1.165, 1.54) is 0 Å². The van der Waals surface area contributed by atoms with E-state index in [1.54, 1.807) is 0 Å². The van der Waals surface area contributed by atoms with Crippen molar-refractivity contribution in [2.24, 2.45) is 23.0 Å². The number of hydrogen-bond acceptors (Lipinski definition) is 2. The van der Waals surface area contributed by atoms with Crippen molar-refractivity contribution in [1.29, 1.82) is 0 Å². The molecule has 0 aromatic rings. The first-order valence-electron chi connectivity index (χ1n) is 5.33. The molecule has 3 N–H and O–H groups in total. The van der Waals surface area contributed by atoms with Crippen molar-refractivity contribution >= 4 is 0 Å². The van der Waals surface area contributed by atoms with Crippen LogP contribution in [0.15, 0.2) is 0 Å². The number of rotatable bonds is 1. The summed E-state index contributed by atoms with van der Waals surface area (Å²) in [6, 6.07) is 0. The second-order valence-corrected chi connectivity index (χ2v) is 5.44. The highest BCUT2D eigenvalue weighted by molar-refractivity contribution is 4.85. The van der Waals surface area contributed by atoms with Crippen molar-refractivity contribution in [2.75, 3.05) is 6.54 Å². The number of aliphatic hydroxyl groups excluding tert-OH is 1. The Morgan fingerprint density at radius 2 is 1.92 bits per heavy atom. The minimum Gasteiger partial charge on any atom is -0.393 e. The van der Waals surface area contributed by atoms with Gasteiger partial charge >= 0.3 is 0 Å². The molecule has 0 bridgehead atoms. The monoisotopic (exact) mass is 185 g/mol. The van der Waals surface area contributed by atoms with Crippen molar-refractivity contribution in [1.82, 2.24) is 0 Å². The van der Waals surface area contributed by atoms with Gasteiger partial charge in [-0.1, -0.05) is 20.8 Å². The van der Waals surface area contributed by atoms with Crippen molar-refractivity contribution in [2.45, 2.75) is 46.1 Å². The van der Waals surface area contributed by atoms with E-state index in [9.17, 15) is 5.11 Å². The van der Waals surface area contributed by atoms with E-state index in [-0.39, 0.29) is 6.10 Å². The minimum absolute atomic E-state index is 0.149. The molecule has 3 atom stereocenters. The van der Waals surface area contributed by atoms with Crippen LogP contribution >= 0.6 is 0 Å². The lowest BCUT2D eigenvalue weighted by atomic mass is 9.68. The summed E-state index contributed by atoms with van der Waals surface area (Å²) in [4.78, 5) is 0. The largest absolute Gasteiger partial charge is 0.393 e. The fourth-order valence-electron chi connectivity index (χ4n) is 2.29. The summed E-state index contributed by atoms with van der Waals surface area (Å²) in [5.41, 5.74) is 6.01. The number of nitrogens with two attached hydrogens (primary N) is 1. The Balaban J connectivity index is 2.55. The van der Waals surface area contributed by atoms with Crippen molar-refractivity contribution < 1.29 is 5.11 Å². The Kier molecular flexibility index (Phi) is 3.36. The molecule has 1 fully saturated rings. The predicted octanol–water partition coefficient (Wildman–Crippen LogP) is 1.77. The average molecular weight is 185 g/mol. The van der Waals surface area contributed by atoms with Crippen molar-refractivity contribution in [3.63, 3.8) is 0 Å². The van der Waals surface area contributed by atoms with Crippen molar-refractivity contribution in [3.8, 4) is 0 Å². The van der Waals surface area contributed by atoms with Crippen LogP contribution in [0.2, 0.25) is 0 Å². The highest BCUT2D eigenvalue weighted by Gasteiger charge is 2.34. The van der Waals surface area contributed by atoms with Crippen LogP contribution in [0.3, 0.4) is 0 Å². The third kappa shape index (κ3) is 2.68. The Labute approximate surface area is 81.5 Å². The molecule has 78 valence electrons. The number of aliphatic hydroxyl groups is 1. The van der Waals surface area contributed by atoms with Gasteiger partial charge in [0, 0.05) is 0 Å². The van der Waals surface area contributed by atoms with Crippen LogP contribution in [0.1, 0.15) is 40.0 Å². The standard InChI is InChI=1S/C11H23NO/c1-11(2,3)9-4-5-10(13)8(6-9)7-12/h8-10,13H,4-7,12H2,1-3H3/t8-,9+,10+/m1/s1. The smallest absolute Gasteiger partial charge is 0.0580 e. The van der Waals surface area contributed by atoms with Gasteiger partial charge in [-0.3, -0.25) is 0 Å². The van der Waals surface area contributed by atoms with Gasteiger partial charge in [-0.2, -0.15) is 0 Å². The Morgan fingerprint density at radius 3 is 2.38 bits per heavy atom. The lowest BCUT2D eigenvalue weighted by Gasteiger charge is -2.39. The van der Waals surface area contributed by atoms with Gasteiger partial charge in [0.05, 0.1) is 6.10 Å². The summed E-state index contributed by atoms with van der Waals surface area (Å²) in [7, 11) is 0. The van der Waals surface area contributed by atoms with E-state index in [2.05, 4.69) is 20.8 Å². The third-order valence-corrected chi connectivity index (χ3v) is 3.47. The Bertz CT molecular complexity index is 162. The molecule has 1 saturated carbocycles. The van der Waals surface area contributed by atoms with Gasteiger partial charge in [-0.15, -0.1) is 0 Å². The van der Waals surface area contributed by atoms with Crippen LogP contribution < -0.4 is 5.73 Å². The molecule has 0 aromatic heterocycles. The molecule has 0 amide bonds. The Morgan fingerprint density at radius 1 is 1.31 bits per heavy atom. The highest BCUT2D eigenvalue weighted by atomic mass is 16.3. The zero-order chi connectivity index (χ0) is 10.1. The quantitative estimate of drug-likeness (QED) is 0.654. The zero-order valence-electron chi connectivity index (χ0n) is 9.09. The highest BCUT2D eigenvalue weighted by Crippen LogP contribution is 2.39. The summed E-state index contributed by atoms with van der Waals surface area (Å²) in [6.45, 7) is 7.47. The van der Waals surface area contributed by atoms with Gasteiger partial charge in [-0.05, 0) is 43.1 Å². The van der Waals surface area contributed by atoms with E-state index in [0.29, 0.717) is 17.9 Å². The van der Waals surface area contributed by atoms with Crippen LogP contribution in [0.25, 0.3) is 0 Å². The summed E-state index contributed by atoms with van der Waals surface area (Å²) in [5, 5.41) is 9.67. The van der Waals surface area contributed by atoms with E-state index in [4.69, 9.17) is 5.73 Å². The van der Waals surface area contributed by atoms with Gasteiger partial charge in [0.2, 0.25) is 0 Å². The molecule has 13 heavy (non-hydrogen) atoms. The normalized spacial score (nSPS) is 36.2. The molecule has 0 aromatic carbocycles. The molecule has 1 rings (SSSR count). The maximum atomic E-state index is 9.67. The second kappa shape index (κ2) is 3.97. The van der Waals surface area contributed by atoms with E-state index in [0.717, 1.165) is 25.2 Å². The van der Waals surface area contributed by atoms with Crippen LogP contribution in [0.5, 0.6) is 0 Å². The minimum atomic E-state index is -0.149. The lowest BCUT2D eigenvalue weighted by molar-refractivity contribution is 0.0233. The summed E-state index contributed by atoms with van der Waals surface area (Å²) < 4.78 is 0. The molecule has 0 aliphatic heterocycles. The molecular formula is C11H23NO. The fraction of sp³-hybridized carbons (Fsp3) is 1.00.